The van der Waals surface area contributed by atoms with Crippen molar-refractivity contribution in [3.63, 3.8) is 0 Å². The molecule has 0 saturated carbocycles. The van der Waals surface area contributed by atoms with E-state index in [1.807, 2.05) is 0 Å². The molecule has 0 amide bonds. The van der Waals surface area contributed by atoms with Crippen LogP contribution in [0.2, 0.25) is 0 Å². The summed E-state index contributed by atoms with van der Waals surface area (Å²) in [7, 11) is -2.81. The molecule has 3 rings (SSSR count). The van der Waals surface area contributed by atoms with Gasteiger partial charge in [-0.05, 0) is 25.2 Å². The molecule has 2 atom stereocenters. The van der Waals surface area contributed by atoms with Gasteiger partial charge in [0.2, 0.25) is 0 Å². The minimum Gasteiger partial charge on any atom is -0.321 e. The zero-order valence-electron chi connectivity index (χ0n) is 10.2. The second kappa shape index (κ2) is 4.31. The molecule has 2 aliphatic heterocycles. The highest BCUT2D eigenvalue weighted by Gasteiger charge is 2.30. The van der Waals surface area contributed by atoms with Crippen molar-refractivity contribution >= 4 is 9.84 Å². The van der Waals surface area contributed by atoms with E-state index in [1.165, 1.54) is 0 Å². The molecular formula is C11H18N4O2S. The number of nitrogens with two attached hydrogens (primary N) is 1. The van der Waals surface area contributed by atoms with Crippen molar-refractivity contribution < 1.29 is 8.42 Å². The number of nitrogens with zero attached hydrogens (tertiary/aromatic N) is 3. The van der Waals surface area contributed by atoms with E-state index in [9.17, 15) is 8.42 Å². The molecule has 0 radical (unpaired) electrons. The number of rotatable bonds is 2. The van der Waals surface area contributed by atoms with E-state index in [2.05, 4.69) is 14.8 Å². The van der Waals surface area contributed by atoms with Crippen LogP contribution >= 0.6 is 0 Å². The molecule has 7 heteroatoms. The minimum atomic E-state index is -2.81. The van der Waals surface area contributed by atoms with Crippen LogP contribution in [-0.4, -0.2) is 34.7 Å². The van der Waals surface area contributed by atoms with E-state index in [1.54, 1.807) is 0 Å². The predicted octanol–water partition coefficient (Wildman–Crippen LogP) is 0.0489. The Morgan fingerprint density at radius 1 is 1.33 bits per heavy atom. The largest absolute Gasteiger partial charge is 0.321 e. The van der Waals surface area contributed by atoms with Gasteiger partial charge in [-0.15, -0.1) is 10.2 Å². The summed E-state index contributed by atoms with van der Waals surface area (Å²) in [4.78, 5) is 0. The summed E-state index contributed by atoms with van der Waals surface area (Å²) in [6.07, 6.45) is 3.45. The Morgan fingerprint density at radius 3 is 2.89 bits per heavy atom. The van der Waals surface area contributed by atoms with E-state index in [-0.39, 0.29) is 12.0 Å². The van der Waals surface area contributed by atoms with Crippen LogP contribution in [0.5, 0.6) is 0 Å². The summed E-state index contributed by atoms with van der Waals surface area (Å²) in [6.45, 7) is 0.908. The third kappa shape index (κ3) is 2.16. The van der Waals surface area contributed by atoms with E-state index in [0.717, 1.165) is 37.5 Å². The summed E-state index contributed by atoms with van der Waals surface area (Å²) in [6, 6.07) is -0.0210. The van der Waals surface area contributed by atoms with Crippen molar-refractivity contribution in [3.05, 3.63) is 11.6 Å². The van der Waals surface area contributed by atoms with E-state index in [4.69, 9.17) is 5.73 Å². The van der Waals surface area contributed by atoms with Gasteiger partial charge in [0.15, 0.2) is 9.84 Å². The summed E-state index contributed by atoms with van der Waals surface area (Å²) in [5.74, 6) is 2.57. The van der Waals surface area contributed by atoms with Crippen LogP contribution in [0.25, 0.3) is 0 Å². The average molecular weight is 270 g/mol. The van der Waals surface area contributed by atoms with Gasteiger partial charge >= 0.3 is 0 Å². The number of hydrogen-bond donors (Lipinski definition) is 1. The topological polar surface area (TPSA) is 90.9 Å². The normalized spacial score (nSPS) is 30.3. The van der Waals surface area contributed by atoms with Gasteiger partial charge < -0.3 is 10.3 Å². The van der Waals surface area contributed by atoms with Gasteiger partial charge in [0.1, 0.15) is 11.6 Å². The first-order chi connectivity index (χ1) is 8.55. The molecule has 18 heavy (non-hydrogen) atoms. The SMILES string of the molecule is NC1CCCn2c(CC3CCS(=O)(=O)C3)nnc21. The highest BCUT2D eigenvalue weighted by atomic mass is 32.2. The molecule has 0 aromatic carbocycles. The van der Waals surface area contributed by atoms with Crippen molar-refractivity contribution in [3.8, 4) is 0 Å². The van der Waals surface area contributed by atoms with Crippen LogP contribution in [0.4, 0.5) is 0 Å². The molecule has 0 aliphatic carbocycles. The van der Waals surface area contributed by atoms with Gasteiger partial charge in [-0.1, -0.05) is 0 Å². The first kappa shape index (κ1) is 12.1. The van der Waals surface area contributed by atoms with Gasteiger partial charge in [0, 0.05) is 13.0 Å². The fraction of sp³-hybridized carbons (Fsp3) is 0.818. The summed E-state index contributed by atoms with van der Waals surface area (Å²) in [5, 5.41) is 8.35. The molecular weight excluding hydrogens is 252 g/mol. The second-order valence-electron chi connectivity index (χ2n) is 5.35. The number of hydrogen-bond acceptors (Lipinski definition) is 5. The highest BCUT2D eigenvalue weighted by molar-refractivity contribution is 7.91. The molecule has 1 aromatic heterocycles. The van der Waals surface area contributed by atoms with Gasteiger partial charge in [-0.3, -0.25) is 0 Å². The van der Waals surface area contributed by atoms with Crippen LogP contribution in [-0.2, 0) is 22.8 Å². The molecule has 6 nitrogen and oxygen atoms in total. The van der Waals surface area contributed by atoms with E-state index < -0.39 is 9.84 Å². The maximum Gasteiger partial charge on any atom is 0.150 e. The van der Waals surface area contributed by atoms with Crippen LogP contribution in [0.3, 0.4) is 0 Å². The van der Waals surface area contributed by atoms with Crippen LogP contribution in [0.15, 0.2) is 0 Å². The molecule has 1 aromatic rings. The predicted molar refractivity (Wildman–Crippen MR) is 66.6 cm³/mol. The smallest absolute Gasteiger partial charge is 0.150 e. The lowest BCUT2D eigenvalue weighted by atomic mass is 10.0. The first-order valence-corrected chi connectivity index (χ1v) is 8.25. The number of aromatic nitrogens is 3. The lowest BCUT2D eigenvalue weighted by molar-refractivity contribution is 0.434. The summed E-state index contributed by atoms with van der Waals surface area (Å²) >= 11 is 0. The van der Waals surface area contributed by atoms with Crippen molar-refractivity contribution in [1.82, 2.24) is 14.8 Å². The zero-order valence-corrected chi connectivity index (χ0v) is 11.1. The molecule has 1 fully saturated rings. The molecule has 0 spiro atoms. The fourth-order valence-corrected chi connectivity index (χ4v) is 4.77. The van der Waals surface area contributed by atoms with Gasteiger partial charge in [-0.2, -0.15) is 0 Å². The minimum absolute atomic E-state index is 0.0210. The zero-order chi connectivity index (χ0) is 12.8. The molecule has 0 bridgehead atoms. The lowest BCUT2D eigenvalue weighted by Crippen LogP contribution is -2.24. The molecule has 1 saturated heterocycles. The van der Waals surface area contributed by atoms with Crippen LogP contribution in [0, 0.1) is 5.92 Å². The van der Waals surface area contributed by atoms with Crippen molar-refractivity contribution in [2.45, 2.75) is 38.3 Å². The van der Waals surface area contributed by atoms with E-state index in [0.29, 0.717) is 17.9 Å². The summed E-state index contributed by atoms with van der Waals surface area (Å²) < 4.78 is 25.0. The number of sulfone groups is 1. The maximum atomic E-state index is 11.4. The Labute approximate surface area is 106 Å². The fourth-order valence-electron chi connectivity index (χ4n) is 2.91. The third-order valence-corrected chi connectivity index (χ3v) is 5.72. The lowest BCUT2D eigenvalue weighted by Gasteiger charge is -2.20. The van der Waals surface area contributed by atoms with Gasteiger partial charge in [-0.25, -0.2) is 8.42 Å². The second-order valence-corrected chi connectivity index (χ2v) is 7.58. The molecule has 3 heterocycles. The third-order valence-electron chi connectivity index (χ3n) is 3.88. The summed E-state index contributed by atoms with van der Waals surface area (Å²) in [5.41, 5.74) is 5.99. The number of fused-ring (bicyclic) bond motifs is 1. The Morgan fingerprint density at radius 2 is 2.17 bits per heavy atom. The quantitative estimate of drug-likeness (QED) is 0.820. The molecule has 2 aliphatic rings. The Kier molecular flexibility index (Phi) is 2.90. The van der Waals surface area contributed by atoms with E-state index >= 15 is 0 Å². The Balaban J connectivity index is 1.78. The van der Waals surface area contributed by atoms with Crippen LogP contribution in [0.1, 0.15) is 37.0 Å². The standard InChI is InChI=1S/C11H18N4O2S/c12-9-2-1-4-15-10(13-14-11(9)15)6-8-3-5-18(16,17)7-8/h8-9H,1-7,12H2. The Hall–Kier alpha value is -0.950. The first-order valence-electron chi connectivity index (χ1n) is 6.43. The molecule has 100 valence electrons. The van der Waals surface area contributed by atoms with Crippen LogP contribution < -0.4 is 5.73 Å². The molecule has 2 N–H and O–H groups in total. The molecule has 2 unspecified atom stereocenters. The van der Waals surface area contributed by atoms with Crippen molar-refractivity contribution in [2.75, 3.05) is 11.5 Å². The van der Waals surface area contributed by atoms with Gasteiger partial charge in [0.25, 0.3) is 0 Å². The monoisotopic (exact) mass is 270 g/mol. The van der Waals surface area contributed by atoms with Crippen molar-refractivity contribution in [1.29, 1.82) is 0 Å². The van der Waals surface area contributed by atoms with Gasteiger partial charge in [0.05, 0.1) is 17.5 Å². The maximum absolute atomic E-state index is 11.4. The Bertz CT molecular complexity index is 551. The average Bonchev–Trinajstić information content (AvgIpc) is 2.85. The highest BCUT2D eigenvalue weighted by Crippen LogP contribution is 2.26. The van der Waals surface area contributed by atoms with Crippen molar-refractivity contribution in [2.24, 2.45) is 11.7 Å².